The summed E-state index contributed by atoms with van der Waals surface area (Å²) in [6.45, 7) is 6.66. The van der Waals surface area contributed by atoms with Crippen molar-refractivity contribution in [1.82, 2.24) is 0 Å². The highest BCUT2D eigenvalue weighted by atomic mass is 16.1. The molecule has 0 aliphatic heterocycles. The molecule has 13 heavy (non-hydrogen) atoms. The topological polar surface area (TPSA) is 17.1 Å². The normalized spacial score (nSPS) is 36.1. The molecule has 1 aliphatic rings. The molecule has 0 amide bonds. The Morgan fingerprint density at radius 3 is 2.62 bits per heavy atom. The van der Waals surface area contributed by atoms with Crippen LogP contribution in [0, 0.1) is 17.3 Å². The lowest BCUT2D eigenvalue weighted by Crippen LogP contribution is -2.27. The standard InChI is InChI=1S/C12H22O/c1-4-10(3)12(9-13)7-6-11(5-2)8-12/h9-11H,4-8H2,1-3H3. The van der Waals surface area contributed by atoms with Gasteiger partial charge in [0.1, 0.15) is 6.29 Å². The monoisotopic (exact) mass is 182 g/mol. The van der Waals surface area contributed by atoms with Crippen LogP contribution in [0.3, 0.4) is 0 Å². The van der Waals surface area contributed by atoms with Gasteiger partial charge < -0.3 is 4.79 Å². The summed E-state index contributed by atoms with van der Waals surface area (Å²) in [5, 5.41) is 0. The fourth-order valence-electron chi connectivity index (χ4n) is 2.64. The molecule has 0 radical (unpaired) electrons. The van der Waals surface area contributed by atoms with Crippen LogP contribution in [0.5, 0.6) is 0 Å². The molecule has 1 aliphatic carbocycles. The maximum absolute atomic E-state index is 11.2. The number of aldehydes is 1. The van der Waals surface area contributed by atoms with E-state index in [0.29, 0.717) is 5.92 Å². The quantitative estimate of drug-likeness (QED) is 0.609. The van der Waals surface area contributed by atoms with E-state index in [1.807, 2.05) is 0 Å². The average molecular weight is 182 g/mol. The third-order valence-electron chi connectivity index (χ3n) is 4.09. The molecule has 1 saturated carbocycles. The molecule has 0 N–H and O–H groups in total. The molecule has 0 aromatic rings. The van der Waals surface area contributed by atoms with Gasteiger partial charge in [-0.15, -0.1) is 0 Å². The van der Waals surface area contributed by atoms with E-state index in [1.54, 1.807) is 0 Å². The van der Waals surface area contributed by atoms with Crippen molar-refractivity contribution in [3.05, 3.63) is 0 Å². The second-order valence-corrected chi connectivity index (χ2v) is 4.68. The minimum Gasteiger partial charge on any atom is -0.303 e. The molecule has 1 rings (SSSR count). The highest BCUT2D eigenvalue weighted by molar-refractivity contribution is 5.60. The smallest absolute Gasteiger partial charge is 0.126 e. The van der Waals surface area contributed by atoms with E-state index in [0.717, 1.165) is 25.2 Å². The Morgan fingerprint density at radius 1 is 1.54 bits per heavy atom. The van der Waals surface area contributed by atoms with Gasteiger partial charge in [0.15, 0.2) is 0 Å². The van der Waals surface area contributed by atoms with Gasteiger partial charge in [-0.1, -0.05) is 33.6 Å². The Morgan fingerprint density at radius 2 is 2.23 bits per heavy atom. The van der Waals surface area contributed by atoms with E-state index in [9.17, 15) is 4.79 Å². The number of hydrogen-bond donors (Lipinski definition) is 0. The first-order valence-corrected chi connectivity index (χ1v) is 5.64. The highest BCUT2D eigenvalue weighted by Gasteiger charge is 2.41. The Labute approximate surface area is 81.9 Å². The predicted molar refractivity (Wildman–Crippen MR) is 55.6 cm³/mol. The number of carbonyl (C=O) groups is 1. The summed E-state index contributed by atoms with van der Waals surface area (Å²) in [6.07, 6.45) is 7.16. The molecule has 0 spiro atoms. The second kappa shape index (κ2) is 4.26. The molecule has 76 valence electrons. The molecule has 0 aromatic heterocycles. The van der Waals surface area contributed by atoms with E-state index in [1.165, 1.54) is 19.1 Å². The minimum absolute atomic E-state index is 0.0371. The van der Waals surface area contributed by atoms with E-state index < -0.39 is 0 Å². The summed E-state index contributed by atoms with van der Waals surface area (Å²) >= 11 is 0. The number of hydrogen-bond acceptors (Lipinski definition) is 1. The van der Waals surface area contributed by atoms with Crippen molar-refractivity contribution in [2.24, 2.45) is 17.3 Å². The Balaban J connectivity index is 2.67. The van der Waals surface area contributed by atoms with Crippen molar-refractivity contribution in [3.8, 4) is 0 Å². The zero-order valence-electron chi connectivity index (χ0n) is 9.18. The molecular weight excluding hydrogens is 160 g/mol. The summed E-state index contributed by atoms with van der Waals surface area (Å²) in [6, 6.07) is 0. The van der Waals surface area contributed by atoms with Crippen LogP contribution in [-0.4, -0.2) is 6.29 Å². The lowest BCUT2D eigenvalue weighted by molar-refractivity contribution is -0.118. The molecule has 0 heterocycles. The average Bonchev–Trinajstić information content (AvgIpc) is 2.61. The van der Waals surface area contributed by atoms with Crippen molar-refractivity contribution < 1.29 is 4.79 Å². The van der Waals surface area contributed by atoms with Crippen LogP contribution in [0.15, 0.2) is 0 Å². The lowest BCUT2D eigenvalue weighted by Gasteiger charge is -2.29. The molecule has 1 heteroatoms. The third kappa shape index (κ3) is 1.95. The van der Waals surface area contributed by atoms with Crippen LogP contribution in [0.25, 0.3) is 0 Å². The Hall–Kier alpha value is -0.330. The second-order valence-electron chi connectivity index (χ2n) is 4.68. The zero-order valence-corrected chi connectivity index (χ0v) is 9.18. The van der Waals surface area contributed by atoms with Crippen LogP contribution in [0.1, 0.15) is 52.9 Å². The van der Waals surface area contributed by atoms with Gasteiger partial charge in [0, 0.05) is 5.41 Å². The molecular formula is C12H22O. The third-order valence-corrected chi connectivity index (χ3v) is 4.09. The zero-order chi connectivity index (χ0) is 9.90. The first-order chi connectivity index (χ1) is 6.18. The van der Waals surface area contributed by atoms with E-state index >= 15 is 0 Å². The van der Waals surface area contributed by atoms with Gasteiger partial charge in [-0.2, -0.15) is 0 Å². The molecule has 1 fully saturated rings. The van der Waals surface area contributed by atoms with Crippen LogP contribution < -0.4 is 0 Å². The van der Waals surface area contributed by atoms with Gasteiger partial charge in [-0.25, -0.2) is 0 Å². The molecule has 3 atom stereocenters. The van der Waals surface area contributed by atoms with Crippen LogP contribution in [-0.2, 0) is 4.79 Å². The first kappa shape index (κ1) is 10.7. The van der Waals surface area contributed by atoms with Crippen LogP contribution in [0.2, 0.25) is 0 Å². The van der Waals surface area contributed by atoms with E-state index in [-0.39, 0.29) is 5.41 Å². The van der Waals surface area contributed by atoms with Gasteiger partial charge in [-0.05, 0) is 31.1 Å². The Bertz CT molecular complexity index is 176. The SMILES string of the molecule is CCC1CCC(C=O)(C(C)CC)C1. The van der Waals surface area contributed by atoms with Crippen LogP contribution in [0.4, 0.5) is 0 Å². The molecule has 0 bridgehead atoms. The molecule has 3 unspecified atom stereocenters. The van der Waals surface area contributed by atoms with E-state index in [4.69, 9.17) is 0 Å². The molecule has 0 saturated heterocycles. The fourth-order valence-corrected chi connectivity index (χ4v) is 2.64. The summed E-state index contributed by atoms with van der Waals surface area (Å²) in [4.78, 5) is 11.2. The van der Waals surface area contributed by atoms with E-state index in [2.05, 4.69) is 20.8 Å². The molecule has 0 aromatic carbocycles. The van der Waals surface area contributed by atoms with Crippen molar-refractivity contribution in [2.75, 3.05) is 0 Å². The minimum atomic E-state index is 0.0371. The van der Waals surface area contributed by atoms with Crippen molar-refractivity contribution >= 4 is 6.29 Å². The highest BCUT2D eigenvalue weighted by Crippen LogP contribution is 2.47. The maximum atomic E-state index is 11.2. The van der Waals surface area contributed by atoms with Crippen molar-refractivity contribution in [3.63, 3.8) is 0 Å². The van der Waals surface area contributed by atoms with Crippen molar-refractivity contribution in [1.29, 1.82) is 0 Å². The summed E-state index contributed by atoms with van der Waals surface area (Å²) in [5.74, 6) is 1.38. The van der Waals surface area contributed by atoms with Gasteiger partial charge >= 0.3 is 0 Å². The molecule has 1 nitrogen and oxygen atoms in total. The fraction of sp³-hybridized carbons (Fsp3) is 0.917. The van der Waals surface area contributed by atoms with Gasteiger partial charge in [-0.3, -0.25) is 0 Å². The number of carbonyl (C=O) groups excluding carboxylic acids is 1. The maximum Gasteiger partial charge on any atom is 0.126 e. The lowest BCUT2D eigenvalue weighted by atomic mass is 9.74. The Kier molecular flexibility index (Phi) is 3.52. The van der Waals surface area contributed by atoms with Gasteiger partial charge in [0.2, 0.25) is 0 Å². The van der Waals surface area contributed by atoms with Crippen molar-refractivity contribution in [2.45, 2.75) is 52.9 Å². The van der Waals surface area contributed by atoms with Gasteiger partial charge in [0.05, 0.1) is 0 Å². The first-order valence-electron chi connectivity index (χ1n) is 5.64. The summed E-state index contributed by atoms with van der Waals surface area (Å²) in [5.41, 5.74) is 0.0371. The van der Waals surface area contributed by atoms with Crippen LogP contribution >= 0.6 is 0 Å². The summed E-state index contributed by atoms with van der Waals surface area (Å²) in [7, 11) is 0. The summed E-state index contributed by atoms with van der Waals surface area (Å²) < 4.78 is 0. The number of rotatable bonds is 4. The largest absolute Gasteiger partial charge is 0.303 e. The predicted octanol–water partition coefficient (Wildman–Crippen LogP) is 3.43. The van der Waals surface area contributed by atoms with Gasteiger partial charge in [0.25, 0.3) is 0 Å².